The Hall–Kier alpha value is -1.14. The molecule has 102 valence electrons. The molecule has 0 saturated carbocycles. The second kappa shape index (κ2) is 5.67. The van der Waals surface area contributed by atoms with E-state index in [2.05, 4.69) is 0 Å². The quantitative estimate of drug-likeness (QED) is 0.730. The number of amides is 1. The highest BCUT2D eigenvalue weighted by atomic mass is 16.5. The number of hydrogen-bond donors (Lipinski definition) is 2. The third-order valence-electron chi connectivity index (χ3n) is 3.88. The molecule has 2 aliphatic rings. The molecule has 2 saturated heterocycles. The van der Waals surface area contributed by atoms with E-state index >= 15 is 0 Å². The van der Waals surface area contributed by atoms with Crippen LogP contribution in [0.15, 0.2) is 0 Å². The van der Waals surface area contributed by atoms with Gasteiger partial charge in [-0.2, -0.15) is 0 Å². The Labute approximate surface area is 106 Å². The van der Waals surface area contributed by atoms with Crippen LogP contribution >= 0.6 is 0 Å². The van der Waals surface area contributed by atoms with Crippen LogP contribution in [0.5, 0.6) is 0 Å². The predicted molar refractivity (Wildman–Crippen MR) is 63.9 cm³/mol. The summed E-state index contributed by atoms with van der Waals surface area (Å²) in [5, 5.41) is 9.07. The number of nitrogens with zero attached hydrogens (tertiary/aromatic N) is 1. The van der Waals surface area contributed by atoms with Gasteiger partial charge < -0.3 is 20.5 Å². The zero-order valence-electron chi connectivity index (χ0n) is 10.4. The molecule has 2 rings (SSSR count). The number of carboxylic acid groups (broad SMARTS) is 1. The van der Waals surface area contributed by atoms with E-state index in [1.165, 1.54) is 4.90 Å². The molecule has 0 spiro atoms. The molecule has 6 heteroatoms. The lowest BCUT2D eigenvalue weighted by atomic mass is 9.91. The van der Waals surface area contributed by atoms with Gasteiger partial charge in [0.1, 0.15) is 6.04 Å². The summed E-state index contributed by atoms with van der Waals surface area (Å²) < 4.78 is 5.24. The molecule has 2 heterocycles. The summed E-state index contributed by atoms with van der Waals surface area (Å²) in [5.41, 5.74) is 5.99. The molecular weight excluding hydrogens is 236 g/mol. The molecule has 0 bridgehead atoms. The first-order chi connectivity index (χ1) is 8.61. The number of nitrogens with two attached hydrogens (primary N) is 1. The van der Waals surface area contributed by atoms with Crippen molar-refractivity contribution in [3.63, 3.8) is 0 Å². The lowest BCUT2D eigenvalue weighted by Crippen LogP contribution is -2.52. The topological polar surface area (TPSA) is 92.9 Å². The minimum absolute atomic E-state index is 0.112. The fourth-order valence-electron chi connectivity index (χ4n) is 2.76. The standard InChI is InChI=1S/C12H20N2O4/c13-10(8-3-6-18-7-4-8)11(15)14-5-1-2-9(14)12(16)17/h8-10H,1-7,13H2,(H,16,17). The summed E-state index contributed by atoms with van der Waals surface area (Å²) >= 11 is 0. The van der Waals surface area contributed by atoms with E-state index in [-0.39, 0.29) is 11.8 Å². The Kier molecular flexibility index (Phi) is 4.19. The van der Waals surface area contributed by atoms with Gasteiger partial charge in [0.2, 0.25) is 5.91 Å². The summed E-state index contributed by atoms with van der Waals surface area (Å²) in [6.07, 6.45) is 2.82. The van der Waals surface area contributed by atoms with Gasteiger partial charge in [-0.3, -0.25) is 4.79 Å². The van der Waals surface area contributed by atoms with Crippen LogP contribution in [0.2, 0.25) is 0 Å². The molecule has 2 unspecified atom stereocenters. The molecule has 0 aliphatic carbocycles. The van der Waals surface area contributed by atoms with Crippen molar-refractivity contribution >= 4 is 11.9 Å². The molecule has 18 heavy (non-hydrogen) atoms. The van der Waals surface area contributed by atoms with Crippen molar-refractivity contribution in [1.29, 1.82) is 0 Å². The van der Waals surface area contributed by atoms with Gasteiger partial charge in [0.05, 0.1) is 6.04 Å². The number of carbonyl (C=O) groups excluding carboxylic acids is 1. The Morgan fingerprint density at radius 3 is 2.56 bits per heavy atom. The molecule has 2 atom stereocenters. The zero-order valence-corrected chi connectivity index (χ0v) is 10.4. The highest BCUT2D eigenvalue weighted by Gasteiger charge is 2.38. The first-order valence-corrected chi connectivity index (χ1v) is 6.48. The fraction of sp³-hybridized carbons (Fsp3) is 0.833. The Bertz CT molecular complexity index is 328. The molecule has 0 aromatic rings. The van der Waals surface area contributed by atoms with Gasteiger partial charge in [-0.1, -0.05) is 0 Å². The van der Waals surface area contributed by atoms with Gasteiger partial charge in [-0.25, -0.2) is 4.79 Å². The summed E-state index contributed by atoms with van der Waals surface area (Å²) in [4.78, 5) is 24.7. The minimum Gasteiger partial charge on any atom is -0.480 e. The molecule has 0 radical (unpaired) electrons. The first-order valence-electron chi connectivity index (χ1n) is 6.48. The van der Waals surface area contributed by atoms with Crippen LogP contribution in [0, 0.1) is 5.92 Å². The number of hydrogen-bond acceptors (Lipinski definition) is 4. The van der Waals surface area contributed by atoms with Crippen molar-refractivity contribution in [2.45, 2.75) is 37.8 Å². The van der Waals surface area contributed by atoms with Crippen molar-refractivity contribution in [2.75, 3.05) is 19.8 Å². The Morgan fingerprint density at radius 1 is 1.28 bits per heavy atom. The van der Waals surface area contributed by atoms with Crippen molar-refractivity contribution in [3.8, 4) is 0 Å². The van der Waals surface area contributed by atoms with Gasteiger partial charge in [0, 0.05) is 19.8 Å². The molecule has 0 aromatic carbocycles. The van der Waals surface area contributed by atoms with E-state index in [1.54, 1.807) is 0 Å². The van der Waals surface area contributed by atoms with E-state index in [0.29, 0.717) is 26.2 Å². The van der Waals surface area contributed by atoms with Crippen LogP contribution in [0.3, 0.4) is 0 Å². The molecule has 3 N–H and O–H groups in total. The van der Waals surface area contributed by atoms with E-state index < -0.39 is 18.1 Å². The summed E-state index contributed by atoms with van der Waals surface area (Å²) in [7, 11) is 0. The third-order valence-corrected chi connectivity index (χ3v) is 3.88. The maximum atomic E-state index is 12.3. The molecule has 6 nitrogen and oxygen atoms in total. The lowest BCUT2D eigenvalue weighted by molar-refractivity contribution is -0.149. The second-order valence-electron chi connectivity index (χ2n) is 5.00. The SMILES string of the molecule is NC(C(=O)N1CCCC1C(=O)O)C1CCOCC1. The average Bonchev–Trinajstić information content (AvgIpc) is 2.87. The van der Waals surface area contributed by atoms with Gasteiger partial charge in [0.15, 0.2) is 0 Å². The number of carboxylic acids is 1. The van der Waals surface area contributed by atoms with Crippen LogP contribution in [-0.4, -0.2) is 53.7 Å². The molecule has 2 fully saturated rings. The Morgan fingerprint density at radius 2 is 1.94 bits per heavy atom. The maximum absolute atomic E-state index is 12.3. The van der Waals surface area contributed by atoms with Crippen LogP contribution in [0.4, 0.5) is 0 Å². The molecule has 2 aliphatic heterocycles. The van der Waals surface area contributed by atoms with Crippen LogP contribution in [-0.2, 0) is 14.3 Å². The Balaban J connectivity index is 1.99. The van der Waals surface area contributed by atoms with E-state index in [1.807, 2.05) is 0 Å². The third kappa shape index (κ3) is 2.64. The summed E-state index contributed by atoms with van der Waals surface area (Å²) in [6.45, 7) is 1.77. The predicted octanol–water partition coefficient (Wildman–Crippen LogP) is -0.184. The van der Waals surface area contributed by atoms with Crippen molar-refractivity contribution in [1.82, 2.24) is 4.90 Å². The molecular formula is C12H20N2O4. The number of likely N-dealkylation sites (tertiary alicyclic amines) is 1. The zero-order chi connectivity index (χ0) is 13.1. The summed E-state index contributed by atoms with van der Waals surface area (Å²) in [5.74, 6) is -1.03. The first kappa shape index (κ1) is 13.3. The van der Waals surface area contributed by atoms with Crippen LogP contribution in [0.1, 0.15) is 25.7 Å². The van der Waals surface area contributed by atoms with E-state index in [0.717, 1.165) is 19.3 Å². The van der Waals surface area contributed by atoms with E-state index in [9.17, 15) is 9.59 Å². The number of aliphatic carboxylic acids is 1. The minimum atomic E-state index is -0.931. The normalized spacial score (nSPS) is 27.2. The van der Waals surface area contributed by atoms with Crippen molar-refractivity contribution < 1.29 is 19.4 Å². The van der Waals surface area contributed by atoms with E-state index in [4.69, 9.17) is 15.6 Å². The molecule has 0 aromatic heterocycles. The highest BCUT2D eigenvalue weighted by molar-refractivity contribution is 5.87. The fourth-order valence-corrected chi connectivity index (χ4v) is 2.76. The monoisotopic (exact) mass is 256 g/mol. The second-order valence-corrected chi connectivity index (χ2v) is 5.00. The number of ether oxygens (including phenoxy) is 1. The lowest BCUT2D eigenvalue weighted by Gasteiger charge is -2.31. The van der Waals surface area contributed by atoms with Gasteiger partial charge >= 0.3 is 5.97 Å². The van der Waals surface area contributed by atoms with Gasteiger partial charge in [-0.15, -0.1) is 0 Å². The smallest absolute Gasteiger partial charge is 0.326 e. The van der Waals surface area contributed by atoms with Crippen LogP contribution in [0.25, 0.3) is 0 Å². The number of rotatable bonds is 3. The van der Waals surface area contributed by atoms with Crippen molar-refractivity contribution in [3.05, 3.63) is 0 Å². The van der Waals surface area contributed by atoms with Gasteiger partial charge in [-0.05, 0) is 31.6 Å². The largest absolute Gasteiger partial charge is 0.480 e. The van der Waals surface area contributed by atoms with Crippen LogP contribution < -0.4 is 5.73 Å². The van der Waals surface area contributed by atoms with Gasteiger partial charge in [0.25, 0.3) is 0 Å². The molecule has 1 amide bonds. The number of carbonyl (C=O) groups is 2. The summed E-state index contributed by atoms with van der Waals surface area (Å²) in [6, 6.07) is -1.28. The highest BCUT2D eigenvalue weighted by Crippen LogP contribution is 2.23. The van der Waals surface area contributed by atoms with Crippen molar-refractivity contribution in [2.24, 2.45) is 11.7 Å². The average molecular weight is 256 g/mol. The maximum Gasteiger partial charge on any atom is 0.326 e.